The molecule has 1 atom stereocenters. The highest BCUT2D eigenvalue weighted by Crippen LogP contribution is 2.06. The Hall–Kier alpha value is -1.51. The van der Waals surface area contributed by atoms with E-state index in [-0.39, 0.29) is 5.84 Å². The van der Waals surface area contributed by atoms with Crippen molar-refractivity contribution in [1.29, 1.82) is 5.41 Å². The Bertz CT molecular complexity index is 333. The van der Waals surface area contributed by atoms with E-state index in [0.29, 0.717) is 12.8 Å². The lowest BCUT2D eigenvalue weighted by atomic mass is 10.1. The molecule has 0 aliphatic rings. The number of alkyl halides is 1. The van der Waals surface area contributed by atoms with Gasteiger partial charge in [-0.3, -0.25) is 5.41 Å². The molecular weight excluding hydrogens is 191 g/mol. The van der Waals surface area contributed by atoms with Crippen LogP contribution >= 0.6 is 0 Å². The zero-order valence-corrected chi connectivity index (χ0v) is 8.78. The van der Waals surface area contributed by atoms with Crippen molar-refractivity contribution in [3.05, 3.63) is 35.9 Å². The predicted octanol–water partition coefficient (Wildman–Crippen LogP) is 3.03. The second-order valence-corrected chi connectivity index (χ2v) is 3.40. The summed E-state index contributed by atoms with van der Waals surface area (Å²) in [4.78, 5) is 3.62. The van der Waals surface area contributed by atoms with Gasteiger partial charge in [-0.2, -0.15) is 0 Å². The topological polar surface area (TPSA) is 36.2 Å². The molecule has 80 valence electrons. The molecule has 1 aromatic carbocycles. The number of hydrogen-bond acceptors (Lipinski definition) is 1. The summed E-state index contributed by atoms with van der Waals surface area (Å²) in [5.41, 5.74) is 1.13. The Kier molecular flexibility index (Phi) is 4.68. The quantitative estimate of drug-likeness (QED) is 0.580. The highest BCUT2D eigenvalue weighted by atomic mass is 19.1. The molecule has 1 N–H and O–H groups in total. The van der Waals surface area contributed by atoms with Crippen molar-refractivity contribution in [3.8, 4) is 0 Å². The molecular formula is C12H15FN2. The van der Waals surface area contributed by atoms with Gasteiger partial charge in [0.2, 0.25) is 0 Å². The van der Waals surface area contributed by atoms with Crippen molar-refractivity contribution in [1.82, 2.24) is 0 Å². The average molecular weight is 206 g/mol. The van der Waals surface area contributed by atoms with Crippen LogP contribution in [0.5, 0.6) is 0 Å². The van der Waals surface area contributed by atoms with Crippen LogP contribution in [0.25, 0.3) is 0 Å². The molecule has 3 heteroatoms. The minimum atomic E-state index is -1.06. The first-order chi connectivity index (χ1) is 7.18. The van der Waals surface area contributed by atoms with Gasteiger partial charge in [0.25, 0.3) is 0 Å². The lowest BCUT2D eigenvalue weighted by Gasteiger charge is -2.02. The normalized spacial score (nSPS) is 12.9. The van der Waals surface area contributed by atoms with E-state index in [1.54, 1.807) is 0 Å². The molecule has 2 nitrogen and oxygen atoms in total. The summed E-state index contributed by atoms with van der Waals surface area (Å²) >= 11 is 0. The Morgan fingerprint density at radius 2 is 2.13 bits per heavy atom. The summed E-state index contributed by atoms with van der Waals surface area (Å²) in [6.45, 7) is 1.53. The van der Waals surface area contributed by atoms with Gasteiger partial charge in [0, 0.05) is 6.21 Å². The number of aliphatic imine (C=N–C) groups is 1. The number of nitrogens with zero attached hydrogens (tertiary/aromatic N) is 1. The third-order valence-corrected chi connectivity index (χ3v) is 1.98. The van der Waals surface area contributed by atoms with E-state index in [9.17, 15) is 4.39 Å². The van der Waals surface area contributed by atoms with E-state index in [1.807, 2.05) is 30.3 Å². The van der Waals surface area contributed by atoms with E-state index in [1.165, 1.54) is 13.1 Å². The molecule has 0 heterocycles. The lowest BCUT2D eigenvalue weighted by molar-refractivity contribution is 0.408. The number of nitrogens with one attached hydrogen (secondary N) is 1. The van der Waals surface area contributed by atoms with Crippen LogP contribution in [0.1, 0.15) is 18.9 Å². The SMILES string of the molecule is CC(=N)N=C[C@H](F)CCc1ccccc1. The molecule has 0 aliphatic carbocycles. The lowest BCUT2D eigenvalue weighted by Crippen LogP contribution is -2.04. The van der Waals surface area contributed by atoms with E-state index < -0.39 is 6.17 Å². The molecule has 1 aromatic rings. The highest BCUT2D eigenvalue weighted by molar-refractivity contribution is 5.86. The van der Waals surface area contributed by atoms with Crippen LogP contribution in [-0.4, -0.2) is 18.2 Å². The fraction of sp³-hybridized carbons (Fsp3) is 0.333. The van der Waals surface area contributed by atoms with Gasteiger partial charge < -0.3 is 0 Å². The Balaban J connectivity index is 2.34. The number of hydrogen-bond donors (Lipinski definition) is 1. The zero-order chi connectivity index (χ0) is 11.1. The number of benzene rings is 1. The van der Waals surface area contributed by atoms with Crippen molar-refractivity contribution in [2.24, 2.45) is 4.99 Å². The minimum Gasteiger partial charge on any atom is -0.287 e. The molecule has 0 spiro atoms. The molecule has 0 saturated heterocycles. The van der Waals surface area contributed by atoms with Crippen molar-refractivity contribution in [3.63, 3.8) is 0 Å². The summed E-state index contributed by atoms with van der Waals surface area (Å²) < 4.78 is 13.2. The standard InChI is InChI=1S/C12H15FN2/c1-10(14)15-9-12(13)8-7-11-5-3-2-4-6-11/h2-6,9,12,14H,7-8H2,1H3/t12-/m1/s1. The molecule has 0 bridgehead atoms. The van der Waals surface area contributed by atoms with Crippen LogP contribution in [-0.2, 0) is 6.42 Å². The van der Waals surface area contributed by atoms with Crippen LogP contribution in [0.2, 0.25) is 0 Å². The van der Waals surface area contributed by atoms with E-state index in [2.05, 4.69) is 4.99 Å². The largest absolute Gasteiger partial charge is 0.287 e. The molecule has 0 amide bonds. The Morgan fingerprint density at radius 3 is 2.73 bits per heavy atom. The van der Waals surface area contributed by atoms with E-state index in [0.717, 1.165) is 5.56 Å². The maximum atomic E-state index is 13.2. The average Bonchev–Trinajstić information content (AvgIpc) is 2.25. The van der Waals surface area contributed by atoms with Crippen LogP contribution in [0, 0.1) is 5.41 Å². The Morgan fingerprint density at radius 1 is 1.47 bits per heavy atom. The summed E-state index contributed by atoms with van der Waals surface area (Å²) in [5, 5.41) is 7.02. The molecule has 0 aromatic heterocycles. The number of halogens is 1. The predicted molar refractivity (Wildman–Crippen MR) is 61.6 cm³/mol. The molecule has 0 unspecified atom stereocenters. The van der Waals surface area contributed by atoms with Crippen molar-refractivity contribution in [2.75, 3.05) is 0 Å². The summed E-state index contributed by atoms with van der Waals surface area (Å²) in [5.74, 6) is 0.136. The smallest absolute Gasteiger partial charge is 0.136 e. The summed E-state index contributed by atoms with van der Waals surface area (Å²) in [7, 11) is 0. The fourth-order valence-corrected chi connectivity index (χ4v) is 1.22. The summed E-state index contributed by atoms with van der Waals surface area (Å²) in [6.07, 6.45) is 1.25. The van der Waals surface area contributed by atoms with Crippen LogP contribution in [0.3, 0.4) is 0 Å². The molecule has 0 saturated carbocycles. The monoisotopic (exact) mass is 206 g/mol. The van der Waals surface area contributed by atoms with Gasteiger partial charge in [-0.15, -0.1) is 0 Å². The van der Waals surface area contributed by atoms with Crippen molar-refractivity contribution in [2.45, 2.75) is 25.9 Å². The maximum Gasteiger partial charge on any atom is 0.136 e. The van der Waals surface area contributed by atoms with Gasteiger partial charge in [0.1, 0.15) is 12.0 Å². The molecule has 1 rings (SSSR count). The molecule has 0 aliphatic heterocycles. The third-order valence-electron chi connectivity index (χ3n) is 1.98. The zero-order valence-electron chi connectivity index (χ0n) is 8.78. The maximum absolute atomic E-state index is 13.2. The van der Waals surface area contributed by atoms with Gasteiger partial charge in [-0.25, -0.2) is 9.38 Å². The number of aryl methyl sites for hydroxylation is 1. The van der Waals surface area contributed by atoms with E-state index in [4.69, 9.17) is 5.41 Å². The number of amidine groups is 1. The fourth-order valence-electron chi connectivity index (χ4n) is 1.22. The molecule has 0 radical (unpaired) electrons. The summed E-state index contributed by atoms with van der Waals surface area (Å²) in [6, 6.07) is 9.78. The van der Waals surface area contributed by atoms with Gasteiger partial charge in [-0.1, -0.05) is 30.3 Å². The molecule has 0 fully saturated rings. The third kappa shape index (κ3) is 5.05. The second kappa shape index (κ2) is 6.06. The van der Waals surface area contributed by atoms with Crippen molar-refractivity contribution < 1.29 is 4.39 Å². The van der Waals surface area contributed by atoms with Gasteiger partial charge in [0.05, 0.1) is 0 Å². The highest BCUT2D eigenvalue weighted by Gasteiger charge is 2.02. The van der Waals surface area contributed by atoms with Crippen LogP contribution in [0.15, 0.2) is 35.3 Å². The Labute approximate surface area is 89.4 Å². The molecule has 15 heavy (non-hydrogen) atoms. The van der Waals surface area contributed by atoms with Gasteiger partial charge in [0.15, 0.2) is 0 Å². The first-order valence-corrected chi connectivity index (χ1v) is 4.96. The van der Waals surface area contributed by atoms with Crippen LogP contribution < -0.4 is 0 Å². The van der Waals surface area contributed by atoms with Crippen LogP contribution in [0.4, 0.5) is 4.39 Å². The van der Waals surface area contributed by atoms with Crippen molar-refractivity contribution >= 4 is 12.1 Å². The van der Waals surface area contributed by atoms with E-state index >= 15 is 0 Å². The first kappa shape index (κ1) is 11.6. The first-order valence-electron chi connectivity index (χ1n) is 4.96. The minimum absolute atomic E-state index is 0.136. The van der Waals surface area contributed by atoms with Gasteiger partial charge in [-0.05, 0) is 25.3 Å². The number of rotatable bonds is 4. The second-order valence-electron chi connectivity index (χ2n) is 3.40. The van der Waals surface area contributed by atoms with Gasteiger partial charge >= 0.3 is 0 Å².